The van der Waals surface area contributed by atoms with Crippen LogP contribution in [0.2, 0.25) is 0 Å². The fraction of sp³-hybridized carbons (Fsp3) is 0.462. The monoisotopic (exact) mass is 277 g/mol. The maximum atomic E-state index is 10.9. The summed E-state index contributed by atoms with van der Waals surface area (Å²) in [6.07, 6.45) is 5.84. The van der Waals surface area contributed by atoms with Crippen molar-refractivity contribution in [3.05, 3.63) is 23.8 Å². The van der Waals surface area contributed by atoms with E-state index in [0.29, 0.717) is 5.52 Å². The summed E-state index contributed by atoms with van der Waals surface area (Å²) in [5.74, 6) is -0.934. The fourth-order valence-electron chi connectivity index (χ4n) is 2.49. The van der Waals surface area contributed by atoms with Crippen molar-refractivity contribution in [1.29, 1.82) is 0 Å². The summed E-state index contributed by atoms with van der Waals surface area (Å²) in [6, 6.07) is 4.98. The van der Waals surface area contributed by atoms with E-state index >= 15 is 0 Å². The van der Waals surface area contributed by atoms with E-state index in [1.54, 1.807) is 18.2 Å². The van der Waals surface area contributed by atoms with Gasteiger partial charge in [-0.05, 0) is 37.3 Å². The summed E-state index contributed by atoms with van der Waals surface area (Å²) >= 11 is 1.89. The first-order valence-corrected chi connectivity index (χ1v) is 7.48. The maximum Gasteiger partial charge on any atom is 0.335 e. The zero-order valence-electron chi connectivity index (χ0n) is 10.7. The topological polar surface area (TPSA) is 68.0 Å². The summed E-state index contributed by atoms with van der Waals surface area (Å²) < 4.78 is 2.18. The summed E-state index contributed by atoms with van der Waals surface area (Å²) in [5.41, 5.74) is 1.81. The molecule has 19 heavy (non-hydrogen) atoms. The number of carboxylic acids is 1. The lowest BCUT2D eigenvalue weighted by Gasteiger charge is -2.40. The normalized spacial score (nSPS) is 17.3. The van der Waals surface area contributed by atoms with Crippen LogP contribution in [0.1, 0.15) is 29.6 Å². The molecular formula is C13H15N3O2S. The molecule has 1 aromatic carbocycles. The molecule has 100 valence electrons. The highest BCUT2D eigenvalue weighted by atomic mass is 32.2. The Labute approximate surface area is 115 Å². The smallest absolute Gasteiger partial charge is 0.335 e. The van der Waals surface area contributed by atoms with Gasteiger partial charge in [-0.2, -0.15) is 11.8 Å². The summed E-state index contributed by atoms with van der Waals surface area (Å²) in [6.45, 7) is 0.844. The molecule has 1 aliphatic carbocycles. The van der Waals surface area contributed by atoms with E-state index in [0.717, 1.165) is 12.1 Å². The Kier molecular flexibility index (Phi) is 2.97. The fourth-order valence-corrected chi connectivity index (χ4v) is 3.44. The lowest BCUT2D eigenvalue weighted by atomic mass is 9.84. The number of aromatic carboxylic acids is 1. The Morgan fingerprint density at radius 3 is 2.89 bits per heavy atom. The third-order valence-corrected chi connectivity index (χ3v) is 5.30. The first-order valence-electron chi connectivity index (χ1n) is 6.25. The van der Waals surface area contributed by atoms with Gasteiger partial charge in [0.2, 0.25) is 0 Å². The van der Waals surface area contributed by atoms with Gasteiger partial charge in [0.15, 0.2) is 0 Å². The molecule has 0 aliphatic heterocycles. The maximum absolute atomic E-state index is 10.9. The molecule has 0 saturated heterocycles. The molecule has 1 aliphatic rings. The van der Waals surface area contributed by atoms with Gasteiger partial charge in [-0.1, -0.05) is 11.6 Å². The molecule has 1 aromatic heterocycles. The molecule has 2 aromatic rings. The second kappa shape index (κ2) is 4.52. The van der Waals surface area contributed by atoms with Crippen LogP contribution in [-0.4, -0.2) is 37.1 Å². The van der Waals surface area contributed by atoms with Gasteiger partial charge in [0.05, 0.1) is 17.6 Å². The first kappa shape index (κ1) is 12.5. The van der Waals surface area contributed by atoms with Crippen LogP contribution in [-0.2, 0) is 6.54 Å². The van der Waals surface area contributed by atoms with E-state index in [9.17, 15) is 4.79 Å². The third kappa shape index (κ3) is 2.10. The average molecular weight is 277 g/mol. The van der Waals surface area contributed by atoms with Gasteiger partial charge in [-0.3, -0.25) is 0 Å². The molecule has 6 heteroatoms. The highest BCUT2D eigenvalue weighted by molar-refractivity contribution is 8.00. The van der Waals surface area contributed by atoms with Crippen LogP contribution < -0.4 is 0 Å². The Morgan fingerprint density at radius 1 is 1.53 bits per heavy atom. The second-order valence-electron chi connectivity index (χ2n) is 5.00. The minimum absolute atomic E-state index is 0.253. The number of carbonyl (C=O) groups is 1. The van der Waals surface area contributed by atoms with Gasteiger partial charge >= 0.3 is 5.97 Å². The van der Waals surface area contributed by atoms with Crippen LogP contribution in [0.15, 0.2) is 18.2 Å². The van der Waals surface area contributed by atoms with Gasteiger partial charge in [0.1, 0.15) is 5.52 Å². The van der Waals surface area contributed by atoms with Crippen LogP contribution in [0.5, 0.6) is 0 Å². The predicted molar refractivity (Wildman–Crippen MR) is 74.6 cm³/mol. The Balaban J connectivity index is 1.95. The largest absolute Gasteiger partial charge is 0.478 e. The number of aromatic nitrogens is 3. The zero-order valence-corrected chi connectivity index (χ0v) is 11.5. The average Bonchev–Trinajstić information content (AvgIpc) is 2.76. The van der Waals surface area contributed by atoms with Crippen molar-refractivity contribution in [1.82, 2.24) is 15.0 Å². The Morgan fingerprint density at radius 2 is 2.32 bits per heavy atom. The van der Waals surface area contributed by atoms with Gasteiger partial charge in [-0.25, -0.2) is 9.48 Å². The third-order valence-electron chi connectivity index (χ3n) is 3.90. The molecule has 3 rings (SSSR count). The molecule has 0 radical (unpaired) electrons. The van der Waals surface area contributed by atoms with E-state index in [-0.39, 0.29) is 10.3 Å². The number of fused-ring (bicyclic) bond motifs is 1. The summed E-state index contributed by atoms with van der Waals surface area (Å²) in [4.78, 5) is 10.9. The van der Waals surface area contributed by atoms with Crippen molar-refractivity contribution < 1.29 is 9.90 Å². The van der Waals surface area contributed by atoms with Crippen LogP contribution in [0.3, 0.4) is 0 Å². The molecule has 0 spiro atoms. The molecule has 0 atom stereocenters. The van der Waals surface area contributed by atoms with Gasteiger partial charge < -0.3 is 5.11 Å². The van der Waals surface area contributed by atoms with E-state index in [2.05, 4.69) is 16.6 Å². The first-order chi connectivity index (χ1) is 9.13. The molecule has 1 saturated carbocycles. The van der Waals surface area contributed by atoms with E-state index in [1.807, 2.05) is 16.4 Å². The van der Waals surface area contributed by atoms with E-state index < -0.39 is 5.97 Å². The van der Waals surface area contributed by atoms with E-state index in [1.165, 1.54) is 19.3 Å². The quantitative estimate of drug-likeness (QED) is 0.929. The minimum atomic E-state index is -0.934. The Hall–Kier alpha value is -1.56. The number of rotatable bonds is 4. The van der Waals surface area contributed by atoms with Crippen LogP contribution in [0, 0.1) is 0 Å². The molecule has 0 bridgehead atoms. The van der Waals surface area contributed by atoms with Gasteiger partial charge in [-0.15, -0.1) is 5.10 Å². The number of hydrogen-bond acceptors (Lipinski definition) is 4. The van der Waals surface area contributed by atoms with Crippen LogP contribution in [0.25, 0.3) is 11.0 Å². The standard InChI is InChI=1S/C13H15N3O2S/c1-19-13(5-2-6-13)8-16-11-4-3-9(12(17)18)7-10(11)14-15-16/h3-4,7H,2,5-6,8H2,1H3,(H,17,18). The SMILES string of the molecule is CSC1(Cn2nnc3cc(C(=O)O)ccc32)CCC1. The molecule has 1 N–H and O–H groups in total. The van der Waals surface area contributed by atoms with Gasteiger partial charge in [0, 0.05) is 4.75 Å². The molecule has 1 fully saturated rings. The van der Waals surface area contributed by atoms with E-state index in [4.69, 9.17) is 5.11 Å². The minimum Gasteiger partial charge on any atom is -0.478 e. The van der Waals surface area contributed by atoms with Crippen molar-refractivity contribution in [3.63, 3.8) is 0 Å². The van der Waals surface area contributed by atoms with Crippen molar-refractivity contribution in [2.24, 2.45) is 0 Å². The van der Waals surface area contributed by atoms with Gasteiger partial charge in [0.25, 0.3) is 0 Å². The number of thioether (sulfide) groups is 1. The van der Waals surface area contributed by atoms with Crippen molar-refractivity contribution in [3.8, 4) is 0 Å². The van der Waals surface area contributed by atoms with Crippen LogP contribution >= 0.6 is 11.8 Å². The number of benzene rings is 1. The highest BCUT2D eigenvalue weighted by Crippen LogP contribution is 2.44. The molecule has 0 amide bonds. The van der Waals surface area contributed by atoms with Crippen molar-refractivity contribution >= 4 is 28.8 Å². The lowest BCUT2D eigenvalue weighted by molar-refractivity contribution is 0.0697. The molecule has 0 unspecified atom stereocenters. The predicted octanol–water partition coefficient (Wildman–Crippen LogP) is 2.42. The zero-order chi connectivity index (χ0) is 13.5. The lowest BCUT2D eigenvalue weighted by Crippen LogP contribution is -2.38. The number of nitrogens with zero attached hydrogens (tertiary/aromatic N) is 3. The van der Waals surface area contributed by atoms with Crippen molar-refractivity contribution in [2.75, 3.05) is 6.26 Å². The summed E-state index contributed by atoms with van der Waals surface area (Å²) in [5, 5.41) is 17.2. The van der Waals surface area contributed by atoms with Crippen LogP contribution in [0.4, 0.5) is 0 Å². The number of hydrogen-bond donors (Lipinski definition) is 1. The summed E-state index contributed by atoms with van der Waals surface area (Å²) in [7, 11) is 0. The highest BCUT2D eigenvalue weighted by Gasteiger charge is 2.37. The Bertz CT molecular complexity index is 628. The molecular weight excluding hydrogens is 262 g/mol. The van der Waals surface area contributed by atoms with Crippen molar-refractivity contribution in [2.45, 2.75) is 30.6 Å². The molecule has 5 nitrogen and oxygen atoms in total. The second-order valence-corrected chi connectivity index (χ2v) is 6.27. The molecule has 1 heterocycles. The number of carboxylic acid groups (broad SMARTS) is 1.